The highest BCUT2D eigenvalue weighted by atomic mass is 16.3. The molecule has 4 aromatic rings. The van der Waals surface area contributed by atoms with E-state index in [1.54, 1.807) is 7.05 Å². The molecule has 44 heavy (non-hydrogen) atoms. The minimum atomic E-state index is -0.862. The van der Waals surface area contributed by atoms with Gasteiger partial charge in [0.05, 0.1) is 6.54 Å². The van der Waals surface area contributed by atoms with Gasteiger partial charge in [0.1, 0.15) is 28.9 Å². The minimum absolute atomic E-state index is 0.232. The SMILES string of the molecule is CNc1cc(N2CCCC2Cc2ccccc2C)nc(N)n1.CNc1cc(N2CCC[C@@](O)(c3ccccc3)C2)nc(N)n1. The molecule has 0 spiro atoms. The molecule has 0 aliphatic carbocycles. The van der Waals surface area contributed by atoms with Crippen LogP contribution in [0.1, 0.15) is 42.4 Å². The van der Waals surface area contributed by atoms with Gasteiger partial charge in [0, 0.05) is 45.4 Å². The Kier molecular flexibility index (Phi) is 9.64. The Balaban J connectivity index is 0.000000175. The highest BCUT2D eigenvalue weighted by molar-refractivity contribution is 5.54. The van der Waals surface area contributed by atoms with E-state index in [0.29, 0.717) is 24.4 Å². The summed E-state index contributed by atoms with van der Waals surface area (Å²) in [6.45, 7) is 4.54. The molecule has 6 rings (SSSR count). The number of nitrogens with one attached hydrogen (secondary N) is 2. The molecule has 2 atom stereocenters. The molecule has 2 fully saturated rings. The van der Waals surface area contributed by atoms with E-state index in [4.69, 9.17) is 11.5 Å². The van der Waals surface area contributed by atoms with Gasteiger partial charge in [-0.1, -0.05) is 54.6 Å². The number of anilines is 6. The third kappa shape index (κ3) is 7.28. The number of β-amino-alcohol motifs (C(OH)–C–C–N with tert-alkyl or cyclic N) is 1. The molecule has 11 heteroatoms. The van der Waals surface area contributed by atoms with Crippen LogP contribution in [-0.4, -0.2) is 64.8 Å². The fourth-order valence-electron chi connectivity index (χ4n) is 6.13. The highest BCUT2D eigenvalue weighted by Gasteiger charge is 2.35. The van der Waals surface area contributed by atoms with Crippen LogP contribution in [0.25, 0.3) is 0 Å². The van der Waals surface area contributed by atoms with Gasteiger partial charge >= 0.3 is 0 Å². The Morgan fingerprint density at radius 3 is 2.16 bits per heavy atom. The van der Waals surface area contributed by atoms with Crippen LogP contribution < -0.4 is 31.9 Å². The Hall–Kier alpha value is -4.64. The molecule has 0 saturated carbocycles. The van der Waals surface area contributed by atoms with Crippen molar-refractivity contribution in [3.63, 3.8) is 0 Å². The first-order valence-electron chi connectivity index (χ1n) is 15.3. The third-order valence-corrected chi connectivity index (χ3v) is 8.47. The second kappa shape index (κ2) is 13.8. The van der Waals surface area contributed by atoms with Crippen LogP contribution in [0.15, 0.2) is 66.7 Å². The van der Waals surface area contributed by atoms with Gasteiger partial charge in [0.2, 0.25) is 11.9 Å². The summed E-state index contributed by atoms with van der Waals surface area (Å²) in [7, 11) is 3.64. The molecule has 4 heterocycles. The summed E-state index contributed by atoms with van der Waals surface area (Å²) in [6, 6.07) is 22.7. The minimum Gasteiger partial charge on any atom is -0.383 e. The summed E-state index contributed by atoms with van der Waals surface area (Å²) in [5.41, 5.74) is 14.4. The van der Waals surface area contributed by atoms with Crippen molar-refractivity contribution in [2.24, 2.45) is 0 Å². The topological polar surface area (TPSA) is 154 Å². The average Bonchev–Trinajstić information content (AvgIpc) is 3.50. The largest absolute Gasteiger partial charge is 0.383 e. The molecule has 232 valence electrons. The summed E-state index contributed by atoms with van der Waals surface area (Å²) >= 11 is 0. The van der Waals surface area contributed by atoms with Crippen molar-refractivity contribution in [2.45, 2.75) is 50.7 Å². The number of aryl methyl sites for hydroxylation is 1. The van der Waals surface area contributed by atoms with Gasteiger partial charge in [-0.3, -0.25) is 0 Å². The van der Waals surface area contributed by atoms with Crippen LogP contribution in [0.5, 0.6) is 0 Å². The lowest BCUT2D eigenvalue weighted by molar-refractivity contribution is 0.0217. The van der Waals surface area contributed by atoms with Crippen LogP contribution in [0.4, 0.5) is 35.2 Å². The zero-order chi connectivity index (χ0) is 31.1. The van der Waals surface area contributed by atoms with Crippen molar-refractivity contribution < 1.29 is 5.11 Å². The van der Waals surface area contributed by atoms with Gasteiger partial charge in [-0.25, -0.2) is 0 Å². The smallest absolute Gasteiger partial charge is 0.223 e. The first-order chi connectivity index (χ1) is 21.3. The summed E-state index contributed by atoms with van der Waals surface area (Å²) in [5, 5.41) is 17.1. The second-order valence-electron chi connectivity index (χ2n) is 11.5. The van der Waals surface area contributed by atoms with E-state index in [9.17, 15) is 5.11 Å². The highest BCUT2D eigenvalue weighted by Crippen LogP contribution is 2.34. The normalized spacial score (nSPS) is 19.7. The molecule has 0 amide bonds. The fourth-order valence-corrected chi connectivity index (χ4v) is 6.13. The molecule has 0 radical (unpaired) electrons. The zero-order valence-corrected chi connectivity index (χ0v) is 25.9. The summed E-state index contributed by atoms with van der Waals surface area (Å²) in [5.74, 6) is 3.67. The quantitative estimate of drug-likeness (QED) is 0.208. The number of nitrogens with zero attached hydrogens (tertiary/aromatic N) is 6. The standard InChI is InChI=1S/C17H23N5.C16H21N5O/c1-12-6-3-4-7-13(12)10-14-8-5-9-22(14)16-11-15(19-2)20-17(18)21-16;1-18-13-10-14(20-15(17)19-13)21-9-5-8-16(22,11-21)12-6-3-2-4-7-12/h3-4,6-7,11,14H,5,8-10H2,1-2H3,(H3,18,19,20,21);2-4,6-7,10,22H,5,8-9,11H2,1H3,(H3,17,18,19,20)/t;16-/m.0/s1. The first kappa shape index (κ1) is 30.8. The Bertz CT molecular complexity index is 1530. The van der Waals surface area contributed by atoms with E-state index in [1.807, 2.05) is 49.5 Å². The zero-order valence-electron chi connectivity index (χ0n) is 25.9. The van der Waals surface area contributed by atoms with Crippen LogP contribution in [0.2, 0.25) is 0 Å². The maximum atomic E-state index is 11.0. The molecule has 2 aliphatic heterocycles. The van der Waals surface area contributed by atoms with Gasteiger partial charge < -0.3 is 37.0 Å². The van der Waals surface area contributed by atoms with Gasteiger partial charge in [0.25, 0.3) is 0 Å². The van der Waals surface area contributed by atoms with Crippen LogP contribution in [0.3, 0.4) is 0 Å². The fraction of sp³-hybridized carbons (Fsp3) is 0.394. The maximum absolute atomic E-state index is 11.0. The number of rotatable bonds is 7. The Morgan fingerprint density at radius 1 is 0.841 bits per heavy atom. The van der Waals surface area contributed by atoms with E-state index in [-0.39, 0.29) is 5.95 Å². The Morgan fingerprint density at radius 2 is 1.48 bits per heavy atom. The van der Waals surface area contributed by atoms with E-state index >= 15 is 0 Å². The average molecular weight is 597 g/mol. The number of piperidine rings is 1. The van der Waals surface area contributed by atoms with Gasteiger partial charge in [0.15, 0.2) is 0 Å². The van der Waals surface area contributed by atoms with Gasteiger partial charge in [-0.2, -0.15) is 19.9 Å². The van der Waals surface area contributed by atoms with Crippen LogP contribution in [0, 0.1) is 6.92 Å². The molecule has 2 aromatic carbocycles. The maximum Gasteiger partial charge on any atom is 0.223 e. The van der Waals surface area contributed by atoms with Crippen molar-refractivity contribution in [3.05, 3.63) is 83.4 Å². The van der Waals surface area contributed by atoms with Crippen molar-refractivity contribution in [3.8, 4) is 0 Å². The van der Waals surface area contributed by atoms with Gasteiger partial charge in [-0.05, 0) is 55.7 Å². The predicted molar refractivity (Wildman–Crippen MR) is 179 cm³/mol. The molecule has 1 unspecified atom stereocenters. The van der Waals surface area contributed by atoms with Crippen LogP contribution >= 0.6 is 0 Å². The van der Waals surface area contributed by atoms with E-state index in [1.165, 1.54) is 24.0 Å². The lowest BCUT2D eigenvalue weighted by Gasteiger charge is -2.40. The predicted octanol–water partition coefficient (Wildman–Crippen LogP) is 4.21. The van der Waals surface area contributed by atoms with Crippen LogP contribution in [-0.2, 0) is 12.0 Å². The van der Waals surface area contributed by atoms with Crippen molar-refractivity contribution in [1.82, 2.24) is 19.9 Å². The molecule has 2 aliphatic rings. The number of nitrogen functional groups attached to an aromatic ring is 2. The number of hydrogen-bond acceptors (Lipinski definition) is 11. The van der Waals surface area contributed by atoms with E-state index in [0.717, 1.165) is 55.4 Å². The van der Waals surface area contributed by atoms with Crippen molar-refractivity contribution in [2.75, 3.05) is 65.6 Å². The monoisotopic (exact) mass is 596 g/mol. The molecular weight excluding hydrogens is 552 g/mol. The summed E-state index contributed by atoms with van der Waals surface area (Å²) in [6.07, 6.45) is 5.06. The molecule has 2 aromatic heterocycles. The van der Waals surface area contributed by atoms with E-state index < -0.39 is 5.60 Å². The summed E-state index contributed by atoms with van der Waals surface area (Å²) in [4.78, 5) is 21.5. The number of nitrogens with two attached hydrogens (primary N) is 2. The first-order valence-corrected chi connectivity index (χ1v) is 15.3. The summed E-state index contributed by atoms with van der Waals surface area (Å²) < 4.78 is 0. The van der Waals surface area contributed by atoms with Crippen molar-refractivity contribution in [1.29, 1.82) is 0 Å². The number of aromatic nitrogens is 4. The lowest BCUT2D eigenvalue weighted by atomic mass is 9.86. The molecule has 7 N–H and O–H groups in total. The van der Waals surface area contributed by atoms with E-state index in [2.05, 4.69) is 71.6 Å². The molecule has 0 bridgehead atoms. The number of aliphatic hydroxyl groups is 1. The molecule has 11 nitrogen and oxygen atoms in total. The number of hydrogen-bond donors (Lipinski definition) is 5. The molecule has 2 saturated heterocycles. The number of benzene rings is 2. The lowest BCUT2D eigenvalue weighted by Crippen LogP contribution is -2.46. The Labute approximate surface area is 259 Å². The molecular formula is C33H44N10O. The second-order valence-corrected chi connectivity index (χ2v) is 11.5. The van der Waals surface area contributed by atoms with Gasteiger partial charge in [-0.15, -0.1) is 0 Å². The third-order valence-electron chi connectivity index (χ3n) is 8.47. The van der Waals surface area contributed by atoms with Crippen molar-refractivity contribution >= 4 is 35.2 Å².